The number of benzene rings is 1. The Morgan fingerprint density at radius 3 is 2.83 bits per heavy atom. The SMILES string of the molecule is COc1cc(C=CC(=O)OCC2CCCCO2)ccc1OC(C)C. The zero-order chi connectivity index (χ0) is 17.4. The van der Waals surface area contributed by atoms with Crippen molar-refractivity contribution in [3.8, 4) is 11.5 Å². The minimum absolute atomic E-state index is 0.0312. The summed E-state index contributed by atoms with van der Waals surface area (Å²) in [5.41, 5.74) is 0.842. The van der Waals surface area contributed by atoms with Crippen molar-refractivity contribution in [2.45, 2.75) is 45.3 Å². The third-order valence-electron chi connectivity index (χ3n) is 3.65. The molecule has 132 valence electrons. The first-order valence-electron chi connectivity index (χ1n) is 8.39. The maximum atomic E-state index is 11.8. The normalized spacial score (nSPS) is 17.9. The lowest BCUT2D eigenvalue weighted by molar-refractivity contribution is -0.143. The first-order chi connectivity index (χ1) is 11.6. The highest BCUT2D eigenvalue weighted by Gasteiger charge is 2.15. The predicted molar refractivity (Wildman–Crippen MR) is 92.3 cm³/mol. The fourth-order valence-electron chi connectivity index (χ4n) is 2.47. The van der Waals surface area contributed by atoms with Gasteiger partial charge in [-0.1, -0.05) is 6.07 Å². The Labute approximate surface area is 143 Å². The van der Waals surface area contributed by atoms with Crippen molar-refractivity contribution in [1.82, 2.24) is 0 Å². The highest BCUT2D eigenvalue weighted by molar-refractivity contribution is 5.87. The molecule has 0 bridgehead atoms. The van der Waals surface area contributed by atoms with Gasteiger partial charge in [-0.3, -0.25) is 0 Å². The van der Waals surface area contributed by atoms with Crippen molar-refractivity contribution in [2.24, 2.45) is 0 Å². The van der Waals surface area contributed by atoms with Gasteiger partial charge in [-0.2, -0.15) is 0 Å². The summed E-state index contributed by atoms with van der Waals surface area (Å²) in [7, 11) is 1.59. The first-order valence-corrected chi connectivity index (χ1v) is 8.39. The average Bonchev–Trinajstić information content (AvgIpc) is 2.59. The number of carbonyl (C=O) groups excluding carboxylic acids is 1. The van der Waals surface area contributed by atoms with Crippen molar-refractivity contribution < 1.29 is 23.7 Å². The van der Waals surface area contributed by atoms with Gasteiger partial charge in [0.15, 0.2) is 11.5 Å². The third-order valence-corrected chi connectivity index (χ3v) is 3.65. The summed E-state index contributed by atoms with van der Waals surface area (Å²) in [5.74, 6) is 0.946. The molecule has 5 heteroatoms. The van der Waals surface area contributed by atoms with E-state index in [1.54, 1.807) is 13.2 Å². The second kappa shape index (κ2) is 9.33. The number of ether oxygens (including phenoxy) is 4. The average molecular weight is 334 g/mol. The van der Waals surface area contributed by atoms with E-state index in [-0.39, 0.29) is 18.2 Å². The number of hydrogen-bond acceptors (Lipinski definition) is 5. The second-order valence-corrected chi connectivity index (χ2v) is 6.03. The van der Waals surface area contributed by atoms with Gasteiger partial charge in [-0.05, 0) is 56.9 Å². The summed E-state index contributed by atoms with van der Waals surface area (Å²) >= 11 is 0. The van der Waals surface area contributed by atoms with E-state index in [2.05, 4.69) is 0 Å². The molecule has 0 spiro atoms. The van der Waals surface area contributed by atoms with Crippen LogP contribution in [-0.2, 0) is 14.3 Å². The highest BCUT2D eigenvalue weighted by Crippen LogP contribution is 2.29. The molecule has 0 N–H and O–H groups in total. The molecule has 0 aromatic heterocycles. The van der Waals surface area contributed by atoms with E-state index in [0.717, 1.165) is 31.4 Å². The molecule has 0 aliphatic carbocycles. The highest BCUT2D eigenvalue weighted by atomic mass is 16.6. The fourth-order valence-corrected chi connectivity index (χ4v) is 2.47. The smallest absolute Gasteiger partial charge is 0.330 e. The molecule has 1 aromatic rings. The molecule has 1 saturated heterocycles. The van der Waals surface area contributed by atoms with Crippen LogP contribution in [0.25, 0.3) is 6.08 Å². The summed E-state index contributed by atoms with van der Waals surface area (Å²) in [5, 5.41) is 0. The van der Waals surface area contributed by atoms with Gasteiger partial charge in [0.2, 0.25) is 0 Å². The van der Waals surface area contributed by atoms with Gasteiger partial charge in [-0.15, -0.1) is 0 Å². The van der Waals surface area contributed by atoms with Gasteiger partial charge in [-0.25, -0.2) is 4.79 Å². The molecule has 1 heterocycles. The van der Waals surface area contributed by atoms with E-state index in [1.807, 2.05) is 32.0 Å². The molecule has 1 aromatic carbocycles. The van der Waals surface area contributed by atoms with Gasteiger partial charge in [0.25, 0.3) is 0 Å². The summed E-state index contributed by atoms with van der Waals surface area (Å²) in [4.78, 5) is 11.8. The predicted octanol–water partition coefficient (Wildman–Crippen LogP) is 3.61. The molecule has 1 fully saturated rings. The molecule has 1 aliphatic rings. The molecule has 0 saturated carbocycles. The van der Waals surface area contributed by atoms with E-state index in [9.17, 15) is 4.79 Å². The Morgan fingerprint density at radius 2 is 2.17 bits per heavy atom. The summed E-state index contributed by atoms with van der Waals surface area (Å²) in [6, 6.07) is 5.53. The molecule has 0 radical (unpaired) electrons. The Bertz CT molecular complexity index is 559. The van der Waals surface area contributed by atoms with Gasteiger partial charge in [0, 0.05) is 12.7 Å². The molecule has 1 unspecified atom stereocenters. The molecule has 1 atom stereocenters. The van der Waals surface area contributed by atoms with Crippen LogP contribution in [0.5, 0.6) is 11.5 Å². The second-order valence-electron chi connectivity index (χ2n) is 6.03. The van der Waals surface area contributed by atoms with Crippen LogP contribution in [0.1, 0.15) is 38.7 Å². The van der Waals surface area contributed by atoms with E-state index in [0.29, 0.717) is 18.1 Å². The van der Waals surface area contributed by atoms with E-state index in [1.165, 1.54) is 6.08 Å². The Hall–Kier alpha value is -2.01. The number of esters is 1. The van der Waals surface area contributed by atoms with Crippen LogP contribution in [-0.4, -0.2) is 38.5 Å². The van der Waals surface area contributed by atoms with E-state index < -0.39 is 0 Å². The number of hydrogen-bond donors (Lipinski definition) is 0. The minimum Gasteiger partial charge on any atom is -0.493 e. The van der Waals surface area contributed by atoms with Crippen LogP contribution < -0.4 is 9.47 Å². The van der Waals surface area contributed by atoms with Crippen LogP contribution in [0.15, 0.2) is 24.3 Å². The number of methoxy groups -OCH3 is 1. The minimum atomic E-state index is -0.370. The number of rotatable bonds is 7. The van der Waals surface area contributed by atoms with Crippen molar-refractivity contribution in [2.75, 3.05) is 20.3 Å². The first kappa shape index (κ1) is 18.3. The fraction of sp³-hybridized carbons (Fsp3) is 0.526. The van der Waals surface area contributed by atoms with Crippen LogP contribution in [0, 0.1) is 0 Å². The third kappa shape index (κ3) is 5.89. The molecular formula is C19H26O5. The molecule has 1 aliphatic heterocycles. The van der Waals surface area contributed by atoms with Crippen LogP contribution in [0.4, 0.5) is 0 Å². The lowest BCUT2D eigenvalue weighted by Crippen LogP contribution is -2.25. The maximum absolute atomic E-state index is 11.8. The zero-order valence-electron chi connectivity index (χ0n) is 14.6. The zero-order valence-corrected chi connectivity index (χ0v) is 14.6. The number of carbonyl (C=O) groups is 1. The summed E-state index contributed by atoms with van der Waals surface area (Å²) in [6.07, 6.45) is 6.38. The summed E-state index contributed by atoms with van der Waals surface area (Å²) in [6.45, 7) is 4.98. The molecule has 0 amide bonds. The van der Waals surface area contributed by atoms with Gasteiger partial charge >= 0.3 is 5.97 Å². The van der Waals surface area contributed by atoms with Gasteiger partial charge in [0.1, 0.15) is 6.61 Å². The Morgan fingerprint density at radius 1 is 1.33 bits per heavy atom. The van der Waals surface area contributed by atoms with Crippen molar-refractivity contribution in [1.29, 1.82) is 0 Å². The van der Waals surface area contributed by atoms with E-state index >= 15 is 0 Å². The standard InChI is InChI=1S/C19H26O5/c1-14(2)24-17-9-7-15(12-18(17)21-3)8-10-19(20)23-13-16-6-4-5-11-22-16/h7-10,12,14,16H,4-6,11,13H2,1-3H3. The molecule has 24 heavy (non-hydrogen) atoms. The van der Waals surface area contributed by atoms with Crippen LogP contribution in [0.3, 0.4) is 0 Å². The lowest BCUT2D eigenvalue weighted by atomic mass is 10.1. The Kier molecular flexibility index (Phi) is 7.12. The van der Waals surface area contributed by atoms with Gasteiger partial charge < -0.3 is 18.9 Å². The van der Waals surface area contributed by atoms with Crippen molar-refractivity contribution in [3.63, 3.8) is 0 Å². The lowest BCUT2D eigenvalue weighted by Gasteiger charge is -2.21. The van der Waals surface area contributed by atoms with E-state index in [4.69, 9.17) is 18.9 Å². The van der Waals surface area contributed by atoms with Crippen LogP contribution >= 0.6 is 0 Å². The summed E-state index contributed by atoms with van der Waals surface area (Å²) < 4.78 is 21.8. The Balaban J connectivity index is 1.89. The maximum Gasteiger partial charge on any atom is 0.330 e. The quantitative estimate of drug-likeness (QED) is 0.563. The molecular weight excluding hydrogens is 308 g/mol. The molecule has 5 nitrogen and oxygen atoms in total. The monoisotopic (exact) mass is 334 g/mol. The van der Waals surface area contributed by atoms with Crippen LogP contribution in [0.2, 0.25) is 0 Å². The van der Waals surface area contributed by atoms with Gasteiger partial charge in [0.05, 0.1) is 19.3 Å². The van der Waals surface area contributed by atoms with Crippen molar-refractivity contribution >= 4 is 12.0 Å². The van der Waals surface area contributed by atoms with Crippen molar-refractivity contribution in [3.05, 3.63) is 29.8 Å². The molecule has 2 rings (SSSR count). The largest absolute Gasteiger partial charge is 0.493 e. The topological polar surface area (TPSA) is 54.0 Å².